The Bertz CT molecular complexity index is 963. The predicted molar refractivity (Wildman–Crippen MR) is 116 cm³/mol. The minimum atomic E-state index is -3.67. The largest absolute Gasteiger partial charge is 0.379 e. The number of anilines is 1. The number of rotatable bonds is 5. The van der Waals surface area contributed by atoms with Crippen molar-refractivity contribution in [2.24, 2.45) is 0 Å². The molecule has 2 heterocycles. The zero-order chi connectivity index (χ0) is 22.2. The van der Waals surface area contributed by atoms with Crippen LogP contribution in [0.3, 0.4) is 0 Å². The molecule has 0 unspecified atom stereocenters. The Morgan fingerprint density at radius 1 is 1.16 bits per heavy atom. The van der Waals surface area contributed by atoms with Gasteiger partial charge >= 0.3 is 0 Å². The molecule has 0 radical (unpaired) electrons. The normalized spacial score (nSPS) is 22.4. The van der Waals surface area contributed by atoms with Crippen LogP contribution in [0.25, 0.3) is 0 Å². The summed E-state index contributed by atoms with van der Waals surface area (Å²) in [7, 11) is -3.67. The lowest BCUT2D eigenvalue weighted by atomic mass is 9.86. The number of carbonyl (C=O) groups is 2. The van der Waals surface area contributed by atoms with E-state index in [-0.39, 0.29) is 29.3 Å². The summed E-state index contributed by atoms with van der Waals surface area (Å²) in [5.74, 6) is -0.365. The van der Waals surface area contributed by atoms with Gasteiger partial charge in [0.05, 0.1) is 23.5 Å². The monoisotopic (exact) mass is 449 g/mol. The highest BCUT2D eigenvalue weighted by atomic mass is 32.2. The number of nitrogens with one attached hydrogen (secondary N) is 1. The fraction of sp³-hybridized carbons (Fsp3) is 0.636. The summed E-state index contributed by atoms with van der Waals surface area (Å²) in [4.78, 5) is 27.4. The van der Waals surface area contributed by atoms with Crippen LogP contribution >= 0.6 is 0 Å². The summed E-state index contributed by atoms with van der Waals surface area (Å²) in [5, 5.41) is 3.06. The van der Waals surface area contributed by atoms with Crippen molar-refractivity contribution in [3.8, 4) is 0 Å². The van der Waals surface area contributed by atoms with Gasteiger partial charge in [-0.15, -0.1) is 0 Å². The highest BCUT2D eigenvalue weighted by molar-refractivity contribution is 7.89. The molecular formula is C22H31N3O5S. The number of fused-ring (bicyclic) bond motifs is 1. The van der Waals surface area contributed by atoms with Gasteiger partial charge in [-0.2, -0.15) is 4.31 Å². The van der Waals surface area contributed by atoms with Crippen molar-refractivity contribution >= 4 is 27.5 Å². The van der Waals surface area contributed by atoms with E-state index >= 15 is 0 Å². The molecule has 8 nitrogen and oxygen atoms in total. The quantitative estimate of drug-likeness (QED) is 0.739. The van der Waals surface area contributed by atoms with E-state index in [0.717, 1.165) is 25.7 Å². The first-order chi connectivity index (χ1) is 14.7. The first-order valence-electron chi connectivity index (χ1n) is 11.0. The molecule has 9 heteroatoms. The van der Waals surface area contributed by atoms with Gasteiger partial charge in [-0.3, -0.25) is 9.59 Å². The Kier molecular flexibility index (Phi) is 6.11. The van der Waals surface area contributed by atoms with Gasteiger partial charge in [-0.1, -0.05) is 19.3 Å². The van der Waals surface area contributed by atoms with E-state index in [1.54, 1.807) is 26.0 Å². The molecule has 2 aliphatic heterocycles. The van der Waals surface area contributed by atoms with Gasteiger partial charge in [0.2, 0.25) is 21.8 Å². The van der Waals surface area contributed by atoms with Crippen LogP contribution in [0.15, 0.2) is 23.1 Å². The molecule has 31 heavy (non-hydrogen) atoms. The number of hydrogen-bond donors (Lipinski definition) is 1. The zero-order valence-electron chi connectivity index (χ0n) is 18.2. The molecule has 4 rings (SSSR count). The maximum absolute atomic E-state index is 13.1. The third kappa shape index (κ3) is 4.23. The average molecular weight is 450 g/mol. The Morgan fingerprint density at radius 3 is 2.52 bits per heavy atom. The maximum Gasteiger partial charge on any atom is 0.243 e. The minimum Gasteiger partial charge on any atom is -0.379 e. The van der Waals surface area contributed by atoms with Crippen LogP contribution < -0.4 is 10.2 Å². The molecule has 2 amide bonds. The van der Waals surface area contributed by atoms with Gasteiger partial charge in [0, 0.05) is 24.8 Å². The highest BCUT2D eigenvalue weighted by Gasteiger charge is 2.45. The average Bonchev–Trinajstić information content (AvgIpc) is 2.95. The van der Waals surface area contributed by atoms with E-state index in [9.17, 15) is 18.0 Å². The smallest absolute Gasteiger partial charge is 0.243 e. The summed E-state index contributed by atoms with van der Waals surface area (Å²) in [6.45, 7) is 4.87. The summed E-state index contributed by atoms with van der Waals surface area (Å²) < 4.78 is 32.8. The molecule has 1 aromatic rings. The Balaban J connectivity index is 1.57. The molecule has 2 fully saturated rings. The third-order valence-corrected chi connectivity index (χ3v) is 8.49. The van der Waals surface area contributed by atoms with Gasteiger partial charge in [-0.25, -0.2) is 8.42 Å². The highest BCUT2D eigenvalue weighted by Crippen LogP contribution is 2.42. The van der Waals surface area contributed by atoms with Crippen LogP contribution in [0.1, 0.15) is 51.5 Å². The molecule has 170 valence electrons. The standard InChI is InChI=1S/C22H31N3O5S/c1-22(2)18-14-17(31(28,29)24-10-12-30-13-11-24)8-9-19(18)25(21(22)27)15-20(26)23-16-6-4-3-5-7-16/h8-9,14,16H,3-7,10-13,15H2,1-2H3,(H,23,26). The number of sulfonamides is 1. The van der Waals surface area contributed by atoms with Crippen LogP contribution in [-0.4, -0.2) is 63.4 Å². The van der Waals surface area contributed by atoms with E-state index in [1.807, 2.05) is 0 Å². The molecule has 1 N–H and O–H groups in total. The Morgan fingerprint density at radius 2 is 1.84 bits per heavy atom. The molecule has 0 spiro atoms. The number of amides is 2. The van der Waals surface area contributed by atoms with Crippen molar-refractivity contribution in [2.75, 3.05) is 37.7 Å². The van der Waals surface area contributed by atoms with Crippen molar-refractivity contribution in [3.63, 3.8) is 0 Å². The van der Waals surface area contributed by atoms with E-state index in [1.165, 1.54) is 21.7 Å². The van der Waals surface area contributed by atoms with E-state index in [4.69, 9.17) is 4.74 Å². The van der Waals surface area contributed by atoms with Crippen LogP contribution in [-0.2, 0) is 29.8 Å². The van der Waals surface area contributed by atoms with Crippen molar-refractivity contribution in [1.82, 2.24) is 9.62 Å². The van der Waals surface area contributed by atoms with Crippen LogP contribution in [0.4, 0.5) is 5.69 Å². The van der Waals surface area contributed by atoms with Crippen molar-refractivity contribution in [2.45, 2.75) is 62.3 Å². The molecule has 0 aromatic heterocycles. The minimum absolute atomic E-state index is 0.0542. The second kappa shape index (κ2) is 8.52. The van der Waals surface area contributed by atoms with Crippen molar-refractivity contribution < 1.29 is 22.7 Å². The number of hydrogen-bond acceptors (Lipinski definition) is 5. The lowest BCUT2D eigenvalue weighted by molar-refractivity contribution is -0.126. The van der Waals surface area contributed by atoms with Gasteiger partial charge in [0.25, 0.3) is 0 Å². The predicted octanol–water partition coefficient (Wildman–Crippen LogP) is 1.78. The van der Waals surface area contributed by atoms with E-state index in [0.29, 0.717) is 37.6 Å². The van der Waals surface area contributed by atoms with Gasteiger partial charge < -0.3 is 15.0 Å². The van der Waals surface area contributed by atoms with Crippen molar-refractivity contribution in [3.05, 3.63) is 23.8 Å². The van der Waals surface area contributed by atoms with Gasteiger partial charge in [0.1, 0.15) is 6.54 Å². The summed E-state index contributed by atoms with van der Waals surface area (Å²) >= 11 is 0. The SMILES string of the molecule is CC1(C)C(=O)N(CC(=O)NC2CCCCC2)c2ccc(S(=O)(=O)N3CCOCC3)cc21. The Labute approximate surface area is 184 Å². The number of carbonyl (C=O) groups excluding carboxylic acids is 2. The fourth-order valence-corrected chi connectivity index (χ4v) is 6.17. The second-order valence-electron chi connectivity index (χ2n) is 9.11. The van der Waals surface area contributed by atoms with Crippen LogP contribution in [0.2, 0.25) is 0 Å². The van der Waals surface area contributed by atoms with E-state index < -0.39 is 15.4 Å². The molecule has 1 aromatic carbocycles. The van der Waals surface area contributed by atoms with Gasteiger partial charge in [-0.05, 0) is 50.5 Å². The van der Waals surface area contributed by atoms with Gasteiger partial charge in [0.15, 0.2) is 0 Å². The lowest BCUT2D eigenvalue weighted by Gasteiger charge is -2.26. The summed E-state index contributed by atoms with van der Waals surface area (Å²) in [6, 6.07) is 4.96. The van der Waals surface area contributed by atoms with Crippen LogP contribution in [0.5, 0.6) is 0 Å². The number of morpholine rings is 1. The second-order valence-corrected chi connectivity index (χ2v) is 11.1. The Hall–Kier alpha value is -1.97. The van der Waals surface area contributed by atoms with Crippen molar-refractivity contribution in [1.29, 1.82) is 0 Å². The van der Waals surface area contributed by atoms with E-state index in [2.05, 4.69) is 5.32 Å². The molecule has 0 bridgehead atoms. The number of nitrogens with zero attached hydrogens (tertiary/aromatic N) is 2. The molecule has 1 aliphatic carbocycles. The zero-order valence-corrected chi connectivity index (χ0v) is 19.0. The number of ether oxygens (including phenoxy) is 1. The molecular weight excluding hydrogens is 418 g/mol. The molecule has 3 aliphatic rings. The topological polar surface area (TPSA) is 96.0 Å². The number of benzene rings is 1. The molecule has 0 atom stereocenters. The fourth-order valence-electron chi connectivity index (χ4n) is 4.73. The molecule has 1 saturated heterocycles. The maximum atomic E-state index is 13.1. The summed E-state index contributed by atoms with van der Waals surface area (Å²) in [5.41, 5.74) is 0.337. The first-order valence-corrected chi connectivity index (χ1v) is 12.5. The third-order valence-electron chi connectivity index (χ3n) is 6.59. The lowest BCUT2D eigenvalue weighted by Crippen LogP contribution is -2.45. The molecule has 1 saturated carbocycles. The first kappa shape index (κ1) is 22.2. The van der Waals surface area contributed by atoms with Crippen LogP contribution in [0, 0.1) is 0 Å². The summed E-state index contributed by atoms with van der Waals surface area (Å²) in [6.07, 6.45) is 5.39.